The van der Waals surface area contributed by atoms with Crippen molar-refractivity contribution < 1.29 is 9.59 Å². The van der Waals surface area contributed by atoms with Gasteiger partial charge >= 0.3 is 0 Å². The zero-order valence-electron chi connectivity index (χ0n) is 13.5. The number of nitrogens with zero attached hydrogens (tertiary/aromatic N) is 3. The van der Waals surface area contributed by atoms with Gasteiger partial charge in [0, 0.05) is 38.2 Å². The minimum absolute atomic E-state index is 0.0782. The van der Waals surface area contributed by atoms with Crippen LogP contribution in [0.3, 0.4) is 0 Å². The van der Waals surface area contributed by atoms with Crippen molar-refractivity contribution >= 4 is 35.0 Å². The van der Waals surface area contributed by atoms with Crippen molar-refractivity contribution in [3.05, 3.63) is 28.0 Å². The largest absolute Gasteiger partial charge is 0.343 e. The van der Waals surface area contributed by atoms with Gasteiger partial charge in [-0.15, -0.1) is 0 Å². The van der Waals surface area contributed by atoms with Gasteiger partial charge in [0.2, 0.25) is 5.91 Å². The number of hydrogen-bond acceptors (Lipinski definition) is 3. The van der Waals surface area contributed by atoms with E-state index in [0.717, 1.165) is 38.8 Å². The van der Waals surface area contributed by atoms with E-state index in [1.54, 1.807) is 17.0 Å². The lowest BCUT2D eigenvalue weighted by atomic mass is 9.92. The van der Waals surface area contributed by atoms with Crippen molar-refractivity contribution in [3.8, 4) is 0 Å². The number of pyridine rings is 1. The Labute approximate surface area is 151 Å². The van der Waals surface area contributed by atoms with Gasteiger partial charge in [0.1, 0.15) is 10.3 Å². The highest BCUT2D eigenvalue weighted by Gasteiger charge is 2.27. The fourth-order valence-corrected chi connectivity index (χ4v) is 3.91. The van der Waals surface area contributed by atoms with Gasteiger partial charge in [-0.05, 0) is 43.7 Å². The summed E-state index contributed by atoms with van der Waals surface area (Å²) in [5, 5.41) is 0.439. The molecule has 0 radical (unpaired) electrons. The lowest BCUT2D eigenvalue weighted by molar-refractivity contribution is -0.131. The fourth-order valence-electron chi connectivity index (χ4n) is 3.45. The first kappa shape index (κ1) is 17.5. The van der Waals surface area contributed by atoms with E-state index < -0.39 is 0 Å². The summed E-state index contributed by atoms with van der Waals surface area (Å²) >= 11 is 11.7. The number of carbonyl (C=O) groups excluding carboxylic acids is 2. The van der Waals surface area contributed by atoms with E-state index in [1.165, 1.54) is 0 Å². The molecular weight excluding hydrogens is 349 g/mol. The molecule has 2 aliphatic heterocycles. The van der Waals surface area contributed by atoms with Crippen molar-refractivity contribution in [2.45, 2.75) is 32.1 Å². The SMILES string of the molecule is O=C(CC1CCN(C(=O)c2cc(Cl)nc(Cl)c2)CC1)N1CCCC1. The summed E-state index contributed by atoms with van der Waals surface area (Å²) in [5.74, 6) is 0.558. The van der Waals surface area contributed by atoms with E-state index in [1.807, 2.05) is 4.90 Å². The number of hydrogen-bond donors (Lipinski definition) is 0. The van der Waals surface area contributed by atoms with Crippen molar-refractivity contribution in [1.29, 1.82) is 0 Å². The van der Waals surface area contributed by atoms with Crippen LogP contribution in [0.4, 0.5) is 0 Å². The van der Waals surface area contributed by atoms with Gasteiger partial charge in [-0.3, -0.25) is 9.59 Å². The van der Waals surface area contributed by atoms with Gasteiger partial charge in [-0.2, -0.15) is 0 Å². The molecule has 2 amide bonds. The van der Waals surface area contributed by atoms with Crippen molar-refractivity contribution in [2.75, 3.05) is 26.2 Å². The normalized spacial score (nSPS) is 18.9. The number of rotatable bonds is 3. The molecule has 5 nitrogen and oxygen atoms in total. The molecule has 0 atom stereocenters. The molecule has 7 heteroatoms. The number of amides is 2. The number of carbonyl (C=O) groups is 2. The number of halogens is 2. The Hall–Kier alpha value is -1.33. The van der Waals surface area contributed by atoms with Crippen LogP contribution in [0.2, 0.25) is 10.3 Å². The molecule has 0 saturated carbocycles. The topological polar surface area (TPSA) is 53.5 Å². The lowest BCUT2D eigenvalue weighted by Crippen LogP contribution is -2.40. The second kappa shape index (κ2) is 7.70. The molecule has 0 unspecified atom stereocenters. The summed E-state index contributed by atoms with van der Waals surface area (Å²) in [7, 11) is 0. The molecule has 0 N–H and O–H groups in total. The van der Waals surface area contributed by atoms with E-state index >= 15 is 0 Å². The zero-order valence-corrected chi connectivity index (χ0v) is 15.0. The monoisotopic (exact) mass is 369 g/mol. The van der Waals surface area contributed by atoms with E-state index in [-0.39, 0.29) is 22.1 Å². The Morgan fingerprint density at radius 1 is 1.00 bits per heavy atom. The summed E-state index contributed by atoms with van der Waals surface area (Å²) in [5.41, 5.74) is 0.464. The number of aromatic nitrogens is 1. The minimum Gasteiger partial charge on any atom is -0.343 e. The molecule has 130 valence electrons. The van der Waals surface area contributed by atoms with E-state index in [4.69, 9.17) is 23.2 Å². The molecule has 3 heterocycles. The van der Waals surface area contributed by atoms with E-state index in [2.05, 4.69) is 4.98 Å². The first-order chi connectivity index (χ1) is 11.5. The molecule has 2 saturated heterocycles. The van der Waals surface area contributed by atoms with Crippen molar-refractivity contribution in [1.82, 2.24) is 14.8 Å². The van der Waals surface area contributed by atoms with Crippen LogP contribution in [0.25, 0.3) is 0 Å². The smallest absolute Gasteiger partial charge is 0.254 e. The van der Waals surface area contributed by atoms with Gasteiger partial charge in [0.15, 0.2) is 0 Å². The number of likely N-dealkylation sites (tertiary alicyclic amines) is 2. The Morgan fingerprint density at radius 2 is 1.58 bits per heavy atom. The number of piperidine rings is 1. The van der Waals surface area contributed by atoms with E-state index in [9.17, 15) is 9.59 Å². The highest BCUT2D eigenvalue weighted by molar-refractivity contribution is 6.33. The van der Waals surface area contributed by atoms with Crippen LogP contribution < -0.4 is 0 Å². The molecule has 0 aromatic carbocycles. The average molecular weight is 370 g/mol. The maximum Gasteiger partial charge on any atom is 0.254 e. The van der Waals surface area contributed by atoms with Crippen LogP contribution in [0, 0.1) is 5.92 Å². The summed E-state index contributed by atoms with van der Waals surface area (Å²) < 4.78 is 0. The van der Waals surface area contributed by atoms with Gasteiger partial charge in [-0.25, -0.2) is 4.98 Å². The van der Waals surface area contributed by atoms with Gasteiger partial charge in [0.05, 0.1) is 0 Å². The molecule has 24 heavy (non-hydrogen) atoms. The molecule has 3 rings (SSSR count). The Morgan fingerprint density at radius 3 is 2.17 bits per heavy atom. The first-order valence-corrected chi connectivity index (χ1v) is 9.18. The summed E-state index contributed by atoms with van der Waals surface area (Å²) in [6.07, 6.45) is 4.57. The minimum atomic E-state index is -0.0782. The molecular formula is C17H21Cl2N3O2. The van der Waals surface area contributed by atoms with Crippen LogP contribution in [0.1, 0.15) is 42.5 Å². The third-order valence-electron chi connectivity index (χ3n) is 4.83. The van der Waals surface area contributed by atoms with Gasteiger partial charge in [0.25, 0.3) is 5.91 Å². The van der Waals surface area contributed by atoms with E-state index in [0.29, 0.717) is 31.0 Å². The van der Waals surface area contributed by atoms with Crippen molar-refractivity contribution in [3.63, 3.8) is 0 Å². The van der Waals surface area contributed by atoms with Gasteiger partial charge < -0.3 is 9.80 Å². The maximum atomic E-state index is 12.5. The van der Waals surface area contributed by atoms with Gasteiger partial charge in [-0.1, -0.05) is 23.2 Å². The lowest BCUT2D eigenvalue weighted by Gasteiger charge is -2.32. The second-order valence-corrected chi connectivity index (χ2v) is 7.30. The molecule has 2 aliphatic rings. The zero-order chi connectivity index (χ0) is 17.1. The van der Waals surface area contributed by atoms with Crippen LogP contribution >= 0.6 is 23.2 Å². The summed E-state index contributed by atoms with van der Waals surface area (Å²) in [6, 6.07) is 3.08. The molecule has 2 fully saturated rings. The molecule has 1 aromatic rings. The molecule has 0 aliphatic carbocycles. The Balaban J connectivity index is 1.52. The molecule has 0 spiro atoms. The second-order valence-electron chi connectivity index (χ2n) is 6.53. The standard InChI is InChI=1S/C17H21Cl2N3O2/c18-14-10-13(11-15(19)20-14)17(24)22-7-3-12(4-8-22)9-16(23)21-5-1-2-6-21/h10-12H,1-9H2. The predicted octanol–water partition coefficient (Wildman–Crippen LogP) is 3.25. The van der Waals surface area contributed by atoms with Crippen LogP contribution in [-0.4, -0.2) is 52.8 Å². The Bertz CT molecular complexity index is 604. The summed E-state index contributed by atoms with van der Waals surface area (Å²) in [6.45, 7) is 3.13. The quantitative estimate of drug-likeness (QED) is 0.768. The first-order valence-electron chi connectivity index (χ1n) is 8.43. The third-order valence-corrected chi connectivity index (χ3v) is 5.22. The fraction of sp³-hybridized carbons (Fsp3) is 0.588. The average Bonchev–Trinajstić information content (AvgIpc) is 3.08. The van der Waals surface area contributed by atoms with Crippen LogP contribution in [-0.2, 0) is 4.79 Å². The van der Waals surface area contributed by atoms with Crippen LogP contribution in [0.5, 0.6) is 0 Å². The summed E-state index contributed by atoms with van der Waals surface area (Å²) in [4.78, 5) is 32.4. The Kier molecular flexibility index (Phi) is 5.61. The van der Waals surface area contributed by atoms with Crippen LogP contribution in [0.15, 0.2) is 12.1 Å². The van der Waals surface area contributed by atoms with Crippen molar-refractivity contribution in [2.24, 2.45) is 5.92 Å². The maximum absolute atomic E-state index is 12.5. The molecule has 0 bridgehead atoms. The highest BCUT2D eigenvalue weighted by Crippen LogP contribution is 2.24. The molecule has 1 aromatic heterocycles. The predicted molar refractivity (Wildman–Crippen MR) is 93.3 cm³/mol. The third kappa shape index (κ3) is 4.19. The highest BCUT2D eigenvalue weighted by atomic mass is 35.5.